The number of hydrogen-bond acceptors (Lipinski definition) is 6. The highest BCUT2D eigenvalue weighted by Gasteiger charge is 2.24. The monoisotopic (exact) mass is 352 g/mol. The summed E-state index contributed by atoms with van der Waals surface area (Å²) in [5.41, 5.74) is 0.147. The summed E-state index contributed by atoms with van der Waals surface area (Å²) in [5, 5.41) is 6.56. The molecule has 0 spiro atoms. The minimum Gasteiger partial charge on any atom is -0.496 e. The molecule has 1 heterocycles. The molecule has 1 atom stereocenters. The molecule has 0 saturated heterocycles. The third-order valence-corrected chi connectivity index (χ3v) is 3.41. The lowest BCUT2D eigenvalue weighted by molar-refractivity contribution is -0.124. The topological polar surface area (TPSA) is 90.7 Å². The van der Waals surface area contributed by atoms with Crippen LogP contribution in [0.2, 0.25) is 5.02 Å². The lowest BCUT2D eigenvalue weighted by Crippen LogP contribution is -2.32. The Labute approximate surface area is 143 Å². The van der Waals surface area contributed by atoms with E-state index < -0.39 is 18.0 Å². The number of aromatic nitrogens is 1. The van der Waals surface area contributed by atoms with Gasteiger partial charge in [-0.1, -0.05) is 23.7 Å². The van der Waals surface area contributed by atoms with Crippen molar-refractivity contribution in [3.05, 3.63) is 40.6 Å². The van der Waals surface area contributed by atoms with E-state index in [0.29, 0.717) is 16.5 Å². The summed E-state index contributed by atoms with van der Waals surface area (Å²) in [6.45, 7) is 3.42. The number of ether oxygens (including phenoxy) is 2. The summed E-state index contributed by atoms with van der Waals surface area (Å²) >= 11 is 5.90. The standard InChI is InChI=1S/C16H17ClN2O5/c1-4-12(15(20)18-14-7-9(2)24-19-14)23-16(21)11-8-10(17)5-6-13(11)22-3/h5-8,12H,4H2,1-3H3,(H,18,19,20). The zero-order chi connectivity index (χ0) is 17.7. The average molecular weight is 353 g/mol. The number of amides is 1. The molecule has 0 aliphatic rings. The van der Waals surface area contributed by atoms with Crippen LogP contribution in [0.3, 0.4) is 0 Å². The first-order valence-corrected chi connectivity index (χ1v) is 7.61. The van der Waals surface area contributed by atoms with E-state index in [1.165, 1.54) is 13.2 Å². The fourth-order valence-corrected chi connectivity index (χ4v) is 2.16. The minimum absolute atomic E-state index is 0.147. The molecule has 0 fully saturated rings. The zero-order valence-electron chi connectivity index (χ0n) is 13.5. The van der Waals surface area contributed by atoms with Gasteiger partial charge in [0.05, 0.1) is 7.11 Å². The van der Waals surface area contributed by atoms with Crippen LogP contribution in [0, 0.1) is 6.92 Å². The van der Waals surface area contributed by atoms with E-state index in [1.807, 2.05) is 0 Å². The fraction of sp³-hybridized carbons (Fsp3) is 0.312. The molecule has 0 bridgehead atoms. The van der Waals surface area contributed by atoms with Crippen LogP contribution in [-0.4, -0.2) is 30.2 Å². The maximum Gasteiger partial charge on any atom is 0.342 e. The Morgan fingerprint density at radius 2 is 2.12 bits per heavy atom. The predicted octanol–water partition coefficient (Wildman–Crippen LogP) is 3.22. The number of methoxy groups -OCH3 is 1. The normalized spacial score (nSPS) is 11.7. The molecule has 2 rings (SSSR count). The van der Waals surface area contributed by atoms with Crippen molar-refractivity contribution in [2.75, 3.05) is 12.4 Å². The first-order valence-electron chi connectivity index (χ1n) is 7.23. The molecule has 0 saturated carbocycles. The van der Waals surface area contributed by atoms with E-state index in [9.17, 15) is 9.59 Å². The molecule has 1 amide bonds. The van der Waals surface area contributed by atoms with Crippen LogP contribution in [0.25, 0.3) is 0 Å². The lowest BCUT2D eigenvalue weighted by Gasteiger charge is -2.16. The van der Waals surface area contributed by atoms with Gasteiger partial charge >= 0.3 is 5.97 Å². The highest BCUT2D eigenvalue weighted by atomic mass is 35.5. The number of nitrogens with one attached hydrogen (secondary N) is 1. The average Bonchev–Trinajstić information content (AvgIpc) is 2.97. The van der Waals surface area contributed by atoms with Gasteiger partial charge in [-0.15, -0.1) is 0 Å². The van der Waals surface area contributed by atoms with E-state index in [2.05, 4.69) is 10.5 Å². The van der Waals surface area contributed by atoms with Crippen LogP contribution >= 0.6 is 11.6 Å². The van der Waals surface area contributed by atoms with E-state index in [0.717, 1.165) is 0 Å². The smallest absolute Gasteiger partial charge is 0.342 e. The maximum atomic E-state index is 12.3. The molecule has 1 aromatic carbocycles. The summed E-state index contributed by atoms with van der Waals surface area (Å²) in [6, 6.07) is 6.13. The second-order valence-corrected chi connectivity index (χ2v) is 5.40. The Bertz CT molecular complexity index is 744. The second-order valence-electron chi connectivity index (χ2n) is 4.96. The summed E-state index contributed by atoms with van der Waals surface area (Å²) < 4.78 is 15.3. The molecule has 0 aliphatic heterocycles. The zero-order valence-corrected chi connectivity index (χ0v) is 14.2. The number of nitrogens with zero attached hydrogens (tertiary/aromatic N) is 1. The van der Waals surface area contributed by atoms with Gasteiger partial charge in [0.2, 0.25) is 0 Å². The van der Waals surface area contributed by atoms with Crippen LogP contribution < -0.4 is 10.1 Å². The van der Waals surface area contributed by atoms with Gasteiger partial charge in [0.15, 0.2) is 11.9 Å². The number of halogens is 1. The number of carbonyl (C=O) groups is 2. The highest BCUT2D eigenvalue weighted by molar-refractivity contribution is 6.31. The first kappa shape index (κ1) is 17.8. The molecule has 2 aromatic rings. The van der Waals surface area contributed by atoms with Gasteiger partial charge in [-0.25, -0.2) is 4.79 Å². The molecule has 1 N–H and O–H groups in total. The van der Waals surface area contributed by atoms with Crippen molar-refractivity contribution in [3.63, 3.8) is 0 Å². The fourth-order valence-electron chi connectivity index (χ4n) is 1.99. The van der Waals surface area contributed by atoms with Gasteiger partial charge in [-0.3, -0.25) is 4.79 Å². The molecular weight excluding hydrogens is 336 g/mol. The quantitative estimate of drug-likeness (QED) is 0.803. The summed E-state index contributed by atoms with van der Waals surface area (Å²) in [7, 11) is 1.43. The Kier molecular flexibility index (Phi) is 5.81. The Morgan fingerprint density at radius 1 is 1.38 bits per heavy atom. The summed E-state index contributed by atoms with van der Waals surface area (Å²) in [5.74, 6) is -0.0778. The Morgan fingerprint density at radius 3 is 2.71 bits per heavy atom. The number of esters is 1. The number of carbonyl (C=O) groups excluding carboxylic acids is 2. The first-order chi connectivity index (χ1) is 11.4. The van der Waals surface area contributed by atoms with Crippen molar-refractivity contribution in [2.24, 2.45) is 0 Å². The summed E-state index contributed by atoms with van der Waals surface area (Å²) in [6.07, 6.45) is -0.699. The van der Waals surface area contributed by atoms with E-state index in [4.69, 9.17) is 25.6 Å². The molecule has 24 heavy (non-hydrogen) atoms. The van der Waals surface area contributed by atoms with Gasteiger partial charge in [0, 0.05) is 11.1 Å². The molecule has 7 nitrogen and oxygen atoms in total. The van der Waals surface area contributed by atoms with Crippen molar-refractivity contribution < 1.29 is 23.6 Å². The lowest BCUT2D eigenvalue weighted by atomic mass is 10.2. The van der Waals surface area contributed by atoms with Gasteiger partial charge < -0.3 is 19.3 Å². The number of benzene rings is 1. The highest BCUT2D eigenvalue weighted by Crippen LogP contribution is 2.24. The molecule has 1 unspecified atom stereocenters. The molecule has 0 aliphatic carbocycles. The SMILES string of the molecule is CCC(OC(=O)c1cc(Cl)ccc1OC)C(=O)Nc1cc(C)on1. The number of hydrogen-bond donors (Lipinski definition) is 1. The summed E-state index contributed by atoms with van der Waals surface area (Å²) in [4.78, 5) is 24.5. The Hall–Kier alpha value is -2.54. The van der Waals surface area contributed by atoms with Gasteiger partial charge in [-0.2, -0.15) is 0 Å². The van der Waals surface area contributed by atoms with Crippen molar-refractivity contribution in [1.29, 1.82) is 0 Å². The molecule has 8 heteroatoms. The third kappa shape index (κ3) is 4.26. The van der Waals surface area contributed by atoms with Gasteiger partial charge in [0.1, 0.15) is 17.1 Å². The van der Waals surface area contributed by atoms with Crippen LogP contribution in [-0.2, 0) is 9.53 Å². The molecular formula is C16H17ClN2O5. The van der Waals surface area contributed by atoms with Crippen molar-refractivity contribution in [1.82, 2.24) is 5.16 Å². The van der Waals surface area contributed by atoms with Crippen LogP contribution in [0.1, 0.15) is 29.5 Å². The van der Waals surface area contributed by atoms with E-state index in [1.54, 1.807) is 32.0 Å². The van der Waals surface area contributed by atoms with Gasteiger partial charge in [-0.05, 0) is 31.5 Å². The maximum absolute atomic E-state index is 12.3. The number of rotatable bonds is 6. The number of aryl methyl sites for hydroxylation is 1. The Balaban J connectivity index is 2.10. The third-order valence-electron chi connectivity index (χ3n) is 3.17. The van der Waals surface area contributed by atoms with Gasteiger partial charge in [0.25, 0.3) is 5.91 Å². The van der Waals surface area contributed by atoms with E-state index >= 15 is 0 Å². The predicted molar refractivity (Wildman–Crippen MR) is 87.4 cm³/mol. The second kappa shape index (κ2) is 7.83. The van der Waals surface area contributed by atoms with Crippen molar-refractivity contribution in [2.45, 2.75) is 26.4 Å². The van der Waals surface area contributed by atoms with Crippen molar-refractivity contribution >= 4 is 29.3 Å². The number of anilines is 1. The van der Waals surface area contributed by atoms with Crippen molar-refractivity contribution in [3.8, 4) is 5.75 Å². The molecule has 0 radical (unpaired) electrons. The largest absolute Gasteiger partial charge is 0.496 e. The molecule has 1 aromatic heterocycles. The molecule has 128 valence electrons. The van der Waals surface area contributed by atoms with Crippen LogP contribution in [0.15, 0.2) is 28.8 Å². The minimum atomic E-state index is -0.988. The van der Waals surface area contributed by atoms with E-state index in [-0.39, 0.29) is 17.8 Å². The van der Waals surface area contributed by atoms with Crippen LogP contribution in [0.5, 0.6) is 5.75 Å². The van der Waals surface area contributed by atoms with Crippen LogP contribution in [0.4, 0.5) is 5.82 Å².